The summed E-state index contributed by atoms with van der Waals surface area (Å²) >= 11 is 0. The SMILES string of the molecule is Cc1oc(-c2ccco2)nc1CC(=O)NCCCN.Cl.Cl. The Labute approximate surface area is 135 Å². The fourth-order valence-electron chi connectivity index (χ4n) is 1.64. The Morgan fingerprint density at radius 3 is 2.81 bits per heavy atom. The van der Waals surface area contributed by atoms with E-state index in [2.05, 4.69) is 10.3 Å². The van der Waals surface area contributed by atoms with Crippen molar-refractivity contribution in [3.8, 4) is 11.7 Å². The first-order valence-electron chi connectivity index (χ1n) is 6.17. The van der Waals surface area contributed by atoms with Crippen molar-refractivity contribution in [2.45, 2.75) is 19.8 Å². The summed E-state index contributed by atoms with van der Waals surface area (Å²) < 4.78 is 10.7. The number of amides is 1. The van der Waals surface area contributed by atoms with Gasteiger partial charge in [-0.1, -0.05) is 0 Å². The normalized spacial score (nSPS) is 9.62. The molecular formula is C13H19Cl2N3O3. The summed E-state index contributed by atoms with van der Waals surface area (Å²) in [5, 5.41) is 2.78. The average molecular weight is 336 g/mol. The smallest absolute Gasteiger partial charge is 0.263 e. The average Bonchev–Trinajstić information content (AvgIpc) is 3.00. The fourth-order valence-corrected chi connectivity index (χ4v) is 1.64. The van der Waals surface area contributed by atoms with Gasteiger partial charge in [0.05, 0.1) is 18.4 Å². The van der Waals surface area contributed by atoms with Crippen LogP contribution in [0.15, 0.2) is 27.2 Å². The molecule has 8 heteroatoms. The number of nitrogens with zero attached hydrogens (tertiary/aromatic N) is 1. The van der Waals surface area contributed by atoms with Crippen LogP contribution in [0.4, 0.5) is 0 Å². The van der Waals surface area contributed by atoms with Crippen molar-refractivity contribution in [1.82, 2.24) is 10.3 Å². The van der Waals surface area contributed by atoms with Gasteiger partial charge in [-0.05, 0) is 32.0 Å². The minimum Gasteiger partial charge on any atom is -0.459 e. The van der Waals surface area contributed by atoms with Crippen molar-refractivity contribution < 1.29 is 13.6 Å². The predicted octanol–water partition coefficient (Wildman–Crippen LogP) is 2.09. The maximum Gasteiger partial charge on any atom is 0.263 e. The Balaban J connectivity index is 0.00000200. The van der Waals surface area contributed by atoms with Gasteiger partial charge in [-0.2, -0.15) is 0 Å². The standard InChI is InChI=1S/C13H17N3O3.2ClH/c1-9-10(8-12(17)15-6-3-5-14)16-13(19-9)11-4-2-7-18-11;;/h2,4,7H,3,5-6,8,14H2,1H3,(H,15,17);2*1H. The molecule has 0 aliphatic carbocycles. The monoisotopic (exact) mass is 335 g/mol. The number of halogens is 2. The number of carbonyl (C=O) groups is 1. The zero-order chi connectivity index (χ0) is 13.7. The van der Waals surface area contributed by atoms with E-state index in [4.69, 9.17) is 14.6 Å². The van der Waals surface area contributed by atoms with Crippen LogP contribution in [-0.2, 0) is 11.2 Å². The van der Waals surface area contributed by atoms with Gasteiger partial charge in [0, 0.05) is 6.54 Å². The first kappa shape index (κ1) is 19.5. The summed E-state index contributed by atoms with van der Waals surface area (Å²) in [6, 6.07) is 3.52. The molecular weight excluding hydrogens is 317 g/mol. The summed E-state index contributed by atoms with van der Waals surface area (Å²) in [6.07, 6.45) is 2.51. The summed E-state index contributed by atoms with van der Waals surface area (Å²) in [5.41, 5.74) is 5.98. The van der Waals surface area contributed by atoms with E-state index < -0.39 is 0 Å². The van der Waals surface area contributed by atoms with Crippen LogP contribution in [-0.4, -0.2) is 24.0 Å². The van der Waals surface area contributed by atoms with Crippen LogP contribution >= 0.6 is 24.8 Å². The summed E-state index contributed by atoms with van der Waals surface area (Å²) in [4.78, 5) is 16.0. The molecule has 0 aromatic carbocycles. The van der Waals surface area contributed by atoms with E-state index in [0.717, 1.165) is 6.42 Å². The molecule has 0 saturated carbocycles. The summed E-state index contributed by atoms with van der Waals surface area (Å²) in [7, 11) is 0. The highest BCUT2D eigenvalue weighted by Gasteiger charge is 2.15. The fraction of sp³-hybridized carbons (Fsp3) is 0.385. The second kappa shape index (κ2) is 9.44. The van der Waals surface area contributed by atoms with E-state index in [1.54, 1.807) is 25.3 Å². The maximum absolute atomic E-state index is 11.7. The second-order valence-electron chi connectivity index (χ2n) is 4.17. The number of aryl methyl sites for hydroxylation is 1. The highest BCUT2D eigenvalue weighted by atomic mass is 35.5. The molecule has 0 spiro atoms. The third kappa shape index (κ3) is 5.41. The molecule has 2 aromatic heterocycles. The molecule has 0 aliphatic rings. The van der Waals surface area contributed by atoms with Crippen LogP contribution in [0.5, 0.6) is 0 Å². The van der Waals surface area contributed by atoms with E-state index >= 15 is 0 Å². The van der Waals surface area contributed by atoms with Gasteiger partial charge in [-0.25, -0.2) is 4.98 Å². The van der Waals surface area contributed by atoms with Crippen molar-refractivity contribution in [1.29, 1.82) is 0 Å². The van der Waals surface area contributed by atoms with Crippen LogP contribution in [0.1, 0.15) is 17.9 Å². The number of furan rings is 1. The number of nitrogens with one attached hydrogen (secondary N) is 1. The Bertz CT molecular complexity index is 541. The molecule has 0 saturated heterocycles. The topological polar surface area (TPSA) is 94.3 Å². The Morgan fingerprint density at radius 2 is 2.19 bits per heavy atom. The van der Waals surface area contributed by atoms with Crippen LogP contribution < -0.4 is 11.1 Å². The number of oxazole rings is 1. The lowest BCUT2D eigenvalue weighted by atomic mass is 10.2. The lowest BCUT2D eigenvalue weighted by Gasteiger charge is -2.02. The minimum absolute atomic E-state index is 0. The van der Waals surface area contributed by atoms with Crippen molar-refractivity contribution in [2.75, 3.05) is 13.1 Å². The summed E-state index contributed by atoms with van der Waals surface area (Å²) in [5.74, 6) is 1.49. The largest absolute Gasteiger partial charge is 0.459 e. The number of aromatic nitrogens is 1. The Hall–Kier alpha value is -1.50. The van der Waals surface area contributed by atoms with Crippen molar-refractivity contribution in [3.05, 3.63) is 29.9 Å². The van der Waals surface area contributed by atoms with E-state index in [-0.39, 0.29) is 37.1 Å². The number of hydrogen-bond acceptors (Lipinski definition) is 5. The van der Waals surface area contributed by atoms with Gasteiger partial charge in [0.2, 0.25) is 5.91 Å². The molecule has 0 aliphatic heterocycles. The molecule has 1 amide bonds. The molecule has 0 bridgehead atoms. The molecule has 2 heterocycles. The second-order valence-corrected chi connectivity index (χ2v) is 4.17. The van der Waals surface area contributed by atoms with Gasteiger partial charge in [0.1, 0.15) is 5.76 Å². The van der Waals surface area contributed by atoms with Crippen LogP contribution in [0.2, 0.25) is 0 Å². The molecule has 0 unspecified atom stereocenters. The first-order valence-corrected chi connectivity index (χ1v) is 6.17. The van der Waals surface area contributed by atoms with Gasteiger partial charge >= 0.3 is 0 Å². The molecule has 6 nitrogen and oxygen atoms in total. The molecule has 3 N–H and O–H groups in total. The van der Waals surface area contributed by atoms with Crippen LogP contribution in [0.3, 0.4) is 0 Å². The van der Waals surface area contributed by atoms with Crippen LogP contribution in [0, 0.1) is 6.92 Å². The molecule has 2 aromatic rings. The predicted molar refractivity (Wildman–Crippen MR) is 83.8 cm³/mol. The third-order valence-electron chi connectivity index (χ3n) is 2.66. The molecule has 0 fully saturated rings. The van der Waals surface area contributed by atoms with E-state index in [9.17, 15) is 4.79 Å². The van der Waals surface area contributed by atoms with Gasteiger partial charge in [0.25, 0.3) is 5.89 Å². The highest BCUT2D eigenvalue weighted by Crippen LogP contribution is 2.22. The van der Waals surface area contributed by atoms with Crippen molar-refractivity contribution >= 4 is 30.7 Å². The molecule has 2 rings (SSSR count). The third-order valence-corrected chi connectivity index (χ3v) is 2.66. The zero-order valence-corrected chi connectivity index (χ0v) is 13.3. The van der Waals surface area contributed by atoms with Crippen LogP contribution in [0.25, 0.3) is 11.7 Å². The zero-order valence-electron chi connectivity index (χ0n) is 11.6. The maximum atomic E-state index is 11.7. The molecule has 118 valence electrons. The van der Waals surface area contributed by atoms with E-state index in [1.165, 1.54) is 0 Å². The van der Waals surface area contributed by atoms with Gasteiger partial charge in [-0.3, -0.25) is 4.79 Å². The van der Waals surface area contributed by atoms with Gasteiger partial charge < -0.3 is 19.9 Å². The first-order chi connectivity index (χ1) is 9.20. The highest BCUT2D eigenvalue weighted by molar-refractivity contribution is 5.85. The van der Waals surface area contributed by atoms with Crippen molar-refractivity contribution in [2.24, 2.45) is 5.73 Å². The number of carbonyl (C=O) groups excluding carboxylic acids is 1. The lowest BCUT2D eigenvalue weighted by Crippen LogP contribution is -2.27. The van der Waals surface area contributed by atoms with Gasteiger partial charge in [0.15, 0.2) is 5.76 Å². The number of hydrogen-bond donors (Lipinski definition) is 2. The van der Waals surface area contributed by atoms with E-state index in [0.29, 0.717) is 36.2 Å². The lowest BCUT2D eigenvalue weighted by molar-refractivity contribution is -0.120. The number of nitrogens with two attached hydrogens (primary N) is 1. The number of rotatable bonds is 6. The van der Waals surface area contributed by atoms with Crippen molar-refractivity contribution in [3.63, 3.8) is 0 Å². The molecule has 0 atom stereocenters. The quantitative estimate of drug-likeness (QED) is 0.788. The summed E-state index contributed by atoms with van der Waals surface area (Å²) in [6.45, 7) is 2.92. The Morgan fingerprint density at radius 1 is 1.43 bits per heavy atom. The van der Waals surface area contributed by atoms with E-state index in [1.807, 2.05) is 0 Å². The molecule has 21 heavy (non-hydrogen) atoms. The Kier molecular flexibility index (Phi) is 8.76. The van der Waals surface area contributed by atoms with Gasteiger partial charge in [-0.15, -0.1) is 24.8 Å². The molecule has 0 radical (unpaired) electrons. The minimum atomic E-state index is -0.0872.